The van der Waals surface area contributed by atoms with Gasteiger partial charge in [0.05, 0.1) is 40.1 Å². The molecule has 2 atom stereocenters. The van der Waals surface area contributed by atoms with Gasteiger partial charge in [0, 0.05) is 0 Å². The lowest BCUT2D eigenvalue weighted by Gasteiger charge is -2.42. The number of rotatable bonds is 6. The van der Waals surface area contributed by atoms with Crippen LogP contribution in [0.4, 0.5) is 0 Å². The van der Waals surface area contributed by atoms with Crippen LogP contribution in [0.5, 0.6) is 0 Å². The Labute approximate surface area is 115 Å². The first-order valence-electron chi connectivity index (χ1n) is 5.80. The highest BCUT2D eigenvalue weighted by Crippen LogP contribution is 2.43. The summed E-state index contributed by atoms with van der Waals surface area (Å²) in [7, 11) is 3.44. The van der Waals surface area contributed by atoms with Crippen LogP contribution in [0, 0.1) is 11.3 Å². The predicted molar refractivity (Wildman–Crippen MR) is 62.2 cm³/mol. The van der Waals surface area contributed by atoms with Crippen molar-refractivity contribution in [1.29, 1.82) is 0 Å². The maximum atomic E-state index is 11.8. The van der Waals surface area contributed by atoms with Crippen molar-refractivity contribution in [3.8, 4) is 0 Å². The monoisotopic (exact) mass is 288 g/mol. The molecule has 8 nitrogen and oxygen atoms in total. The standard InChI is InChI=1S/C12H16O8/c1-17-8(13)4-7(10(15)19-3)12(5-9(14)18-2)6-20-11(12)16/h7H,4-6H2,1-3H3. The number of ether oxygens (including phenoxy) is 4. The number of hydrogen-bond acceptors (Lipinski definition) is 8. The Morgan fingerprint density at radius 1 is 1.15 bits per heavy atom. The smallest absolute Gasteiger partial charge is 0.317 e. The van der Waals surface area contributed by atoms with Crippen LogP contribution in [0.15, 0.2) is 0 Å². The van der Waals surface area contributed by atoms with E-state index in [0.717, 1.165) is 21.3 Å². The van der Waals surface area contributed by atoms with Crippen LogP contribution in [0.25, 0.3) is 0 Å². The first-order valence-corrected chi connectivity index (χ1v) is 5.80. The molecule has 20 heavy (non-hydrogen) atoms. The third-order valence-corrected chi connectivity index (χ3v) is 3.31. The van der Waals surface area contributed by atoms with Crippen molar-refractivity contribution in [2.24, 2.45) is 11.3 Å². The highest BCUT2D eigenvalue weighted by molar-refractivity contribution is 5.94. The SMILES string of the molecule is COC(=O)CC(C(=O)OC)C1(CC(=O)OC)COC1=O. The fourth-order valence-corrected chi connectivity index (χ4v) is 2.03. The lowest BCUT2D eigenvalue weighted by molar-refractivity contribution is -0.204. The maximum absolute atomic E-state index is 11.8. The summed E-state index contributed by atoms with van der Waals surface area (Å²) < 4.78 is 18.3. The molecule has 2 unspecified atom stereocenters. The van der Waals surface area contributed by atoms with E-state index in [1.165, 1.54) is 0 Å². The van der Waals surface area contributed by atoms with Gasteiger partial charge in [-0.25, -0.2) is 0 Å². The molecule has 1 heterocycles. The van der Waals surface area contributed by atoms with Gasteiger partial charge in [0.25, 0.3) is 0 Å². The number of carbonyl (C=O) groups excluding carboxylic acids is 4. The molecule has 0 aromatic heterocycles. The summed E-state index contributed by atoms with van der Waals surface area (Å²) in [6.45, 7) is -0.155. The van der Waals surface area contributed by atoms with E-state index >= 15 is 0 Å². The fourth-order valence-electron chi connectivity index (χ4n) is 2.03. The quantitative estimate of drug-likeness (QED) is 0.473. The number of methoxy groups -OCH3 is 3. The van der Waals surface area contributed by atoms with Gasteiger partial charge < -0.3 is 18.9 Å². The molecule has 1 aliphatic rings. The van der Waals surface area contributed by atoms with E-state index in [9.17, 15) is 19.2 Å². The summed E-state index contributed by atoms with van der Waals surface area (Å²) in [6, 6.07) is 0. The number of cyclic esters (lactones) is 1. The Morgan fingerprint density at radius 2 is 1.75 bits per heavy atom. The van der Waals surface area contributed by atoms with Crippen molar-refractivity contribution < 1.29 is 38.1 Å². The minimum absolute atomic E-state index is 0.155. The molecule has 0 N–H and O–H groups in total. The van der Waals surface area contributed by atoms with Crippen molar-refractivity contribution in [3.63, 3.8) is 0 Å². The van der Waals surface area contributed by atoms with Crippen LogP contribution in [-0.4, -0.2) is 51.8 Å². The van der Waals surface area contributed by atoms with Gasteiger partial charge in [0.1, 0.15) is 12.0 Å². The van der Waals surface area contributed by atoms with E-state index in [4.69, 9.17) is 0 Å². The molecule has 0 aromatic carbocycles. The summed E-state index contributed by atoms with van der Waals surface area (Å²) >= 11 is 0. The van der Waals surface area contributed by atoms with Crippen molar-refractivity contribution in [1.82, 2.24) is 0 Å². The van der Waals surface area contributed by atoms with Gasteiger partial charge in [-0.2, -0.15) is 0 Å². The van der Waals surface area contributed by atoms with E-state index in [1.807, 2.05) is 0 Å². The van der Waals surface area contributed by atoms with Gasteiger partial charge in [0.2, 0.25) is 0 Å². The second kappa shape index (κ2) is 6.36. The van der Waals surface area contributed by atoms with Crippen molar-refractivity contribution in [3.05, 3.63) is 0 Å². The minimum atomic E-state index is -1.44. The van der Waals surface area contributed by atoms with E-state index in [-0.39, 0.29) is 19.4 Å². The molecule has 0 amide bonds. The summed E-state index contributed by atoms with van der Waals surface area (Å²) in [6.07, 6.45) is -0.742. The largest absolute Gasteiger partial charge is 0.469 e. The van der Waals surface area contributed by atoms with Crippen molar-refractivity contribution in [2.45, 2.75) is 12.8 Å². The molecule has 0 spiro atoms. The highest BCUT2D eigenvalue weighted by atomic mass is 16.6. The number of carbonyl (C=O) groups is 4. The van der Waals surface area contributed by atoms with Crippen LogP contribution in [-0.2, 0) is 38.1 Å². The van der Waals surface area contributed by atoms with Gasteiger partial charge in [-0.3, -0.25) is 19.2 Å². The zero-order valence-corrected chi connectivity index (χ0v) is 11.5. The summed E-state index contributed by atoms with van der Waals surface area (Å²) in [4.78, 5) is 46.4. The van der Waals surface area contributed by atoms with Crippen LogP contribution < -0.4 is 0 Å². The van der Waals surface area contributed by atoms with Crippen LogP contribution in [0.2, 0.25) is 0 Å². The second-order valence-corrected chi connectivity index (χ2v) is 4.34. The first-order chi connectivity index (χ1) is 9.41. The molecular formula is C12H16O8. The van der Waals surface area contributed by atoms with E-state index < -0.39 is 35.2 Å². The summed E-state index contributed by atoms with van der Waals surface area (Å²) in [5, 5.41) is 0. The molecule has 1 aliphatic heterocycles. The van der Waals surface area contributed by atoms with Gasteiger partial charge >= 0.3 is 23.9 Å². The molecule has 1 fully saturated rings. The molecule has 112 valence electrons. The van der Waals surface area contributed by atoms with Crippen molar-refractivity contribution in [2.75, 3.05) is 27.9 Å². The molecule has 1 rings (SSSR count). The van der Waals surface area contributed by atoms with Crippen LogP contribution in [0.3, 0.4) is 0 Å². The molecule has 8 heteroatoms. The topological polar surface area (TPSA) is 105 Å². The molecular weight excluding hydrogens is 272 g/mol. The molecule has 0 aromatic rings. The van der Waals surface area contributed by atoms with Crippen molar-refractivity contribution >= 4 is 23.9 Å². The lowest BCUT2D eigenvalue weighted by Crippen LogP contribution is -2.57. The number of esters is 4. The molecule has 0 aliphatic carbocycles. The minimum Gasteiger partial charge on any atom is -0.469 e. The van der Waals surface area contributed by atoms with Gasteiger partial charge in [-0.1, -0.05) is 0 Å². The average molecular weight is 288 g/mol. The average Bonchev–Trinajstić information content (AvgIpc) is 2.47. The highest BCUT2D eigenvalue weighted by Gasteiger charge is 2.60. The van der Waals surface area contributed by atoms with Crippen LogP contribution in [0.1, 0.15) is 12.8 Å². The Morgan fingerprint density at radius 3 is 2.10 bits per heavy atom. The molecule has 0 bridgehead atoms. The molecule has 0 saturated carbocycles. The maximum Gasteiger partial charge on any atom is 0.317 e. The second-order valence-electron chi connectivity index (χ2n) is 4.34. The first kappa shape index (κ1) is 15.9. The van der Waals surface area contributed by atoms with Gasteiger partial charge in [0.15, 0.2) is 0 Å². The summed E-state index contributed by atoms with van der Waals surface area (Å²) in [5.41, 5.74) is -1.44. The van der Waals surface area contributed by atoms with Crippen LogP contribution >= 0.6 is 0 Å². The molecule has 0 radical (unpaired) electrons. The Balaban J connectivity index is 3.05. The van der Waals surface area contributed by atoms with Gasteiger partial charge in [-0.15, -0.1) is 0 Å². The zero-order valence-electron chi connectivity index (χ0n) is 11.5. The Hall–Kier alpha value is -2.12. The normalized spacial score (nSPS) is 22.1. The lowest BCUT2D eigenvalue weighted by atomic mass is 9.69. The van der Waals surface area contributed by atoms with E-state index in [1.54, 1.807) is 0 Å². The Kier molecular flexibility index (Phi) is 5.06. The number of hydrogen-bond donors (Lipinski definition) is 0. The Bertz CT molecular complexity index is 429. The third kappa shape index (κ3) is 2.89. The molecule has 1 saturated heterocycles. The van der Waals surface area contributed by atoms with E-state index in [2.05, 4.69) is 18.9 Å². The fraction of sp³-hybridized carbons (Fsp3) is 0.667. The predicted octanol–water partition coefficient (Wildman–Crippen LogP) is -0.555. The van der Waals surface area contributed by atoms with Gasteiger partial charge in [-0.05, 0) is 0 Å². The third-order valence-electron chi connectivity index (χ3n) is 3.31. The summed E-state index contributed by atoms with van der Waals surface area (Å²) in [5.74, 6) is -4.04. The van der Waals surface area contributed by atoms with E-state index in [0.29, 0.717) is 0 Å². The zero-order chi connectivity index (χ0) is 15.3.